The molecule has 0 spiro atoms. The molecule has 0 saturated carbocycles. The normalized spacial score (nSPS) is 16.7. The number of nitrogens with zero attached hydrogens (tertiary/aromatic N) is 3. The highest BCUT2D eigenvalue weighted by atomic mass is 16.7. The van der Waals surface area contributed by atoms with Gasteiger partial charge < -0.3 is 19.3 Å². The maximum Gasteiger partial charge on any atom is 0.223 e. The predicted octanol–water partition coefficient (Wildman–Crippen LogP) is 0.872. The SMILES string of the molecule is CCOC(CN(CC)CCC(=O)N1CCN(C)CC1)OCC. The third-order valence-corrected chi connectivity index (χ3v) is 4.06. The van der Waals surface area contributed by atoms with E-state index in [4.69, 9.17) is 9.47 Å². The number of rotatable bonds is 10. The van der Waals surface area contributed by atoms with Gasteiger partial charge in [0.2, 0.25) is 5.91 Å². The van der Waals surface area contributed by atoms with Crippen LogP contribution in [0.5, 0.6) is 0 Å². The summed E-state index contributed by atoms with van der Waals surface area (Å²) in [6.07, 6.45) is 0.372. The van der Waals surface area contributed by atoms with Crippen LogP contribution in [-0.4, -0.2) is 93.0 Å². The molecule has 1 fully saturated rings. The molecule has 0 atom stereocenters. The molecular formula is C16H33N3O3. The second kappa shape index (κ2) is 10.9. The van der Waals surface area contributed by atoms with Gasteiger partial charge in [0.05, 0.1) is 0 Å². The van der Waals surface area contributed by atoms with E-state index in [0.29, 0.717) is 26.2 Å². The largest absolute Gasteiger partial charge is 0.352 e. The Morgan fingerprint density at radius 3 is 2.18 bits per heavy atom. The number of piperazine rings is 1. The molecule has 22 heavy (non-hydrogen) atoms. The van der Waals surface area contributed by atoms with E-state index in [1.807, 2.05) is 18.7 Å². The summed E-state index contributed by atoms with van der Waals surface area (Å²) in [5, 5.41) is 0. The molecule has 1 aliphatic rings. The van der Waals surface area contributed by atoms with Crippen molar-refractivity contribution in [3.8, 4) is 0 Å². The van der Waals surface area contributed by atoms with E-state index >= 15 is 0 Å². The molecule has 0 aromatic heterocycles. The third-order valence-electron chi connectivity index (χ3n) is 4.06. The summed E-state index contributed by atoms with van der Waals surface area (Å²) in [6.45, 7) is 13.3. The van der Waals surface area contributed by atoms with E-state index in [9.17, 15) is 4.79 Å². The molecule has 1 aliphatic heterocycles. The van der Waals surface area contributed by atoms with Crippen molar-refractivity contribution < 1.29 is 14.3 Å². The van der Waals surface area contributed by atoms with Crippen LogP contribution in [0.15, 0.2) is 0 Å². The first-order chi connectivity index (χ1) is 10.6. The van der Waals surface area contributed by atoms with Gasteiger partial charge >= 0.3 is 0 Å². The van der Waals surface area contributed by atoms with Crippen molar-refractivity contribution in [1.29, 1.82) is 0 Å². The molecule has 0 aliphatic carbocycles. The topological polar surface area (TPSA) is 45.2 Å². The van der Waals surface area contributed by atoms with E-state index in [2.05, 4.69) is 23.8 Å². The molecule has 6 nitrogen and oxygen atoms in total. The maximum absolute atomic E-state index is 12.3. The van der Waals surface area contributed by atoms with Crippen molar-refractivity contribution in [2.24, 2.45) is 0 Å². The Bertz CT molecular complexity index is 301. The van der Waals surface area contributed by atoms with Gasteiger partial charge in [0.1, 0.15) is 0 Å². The highest BCUT2D eigenvalue weighted by Gasteiger charge is 2.20. The molecule has 1 amide bonds. The number of ether oxygens (including phenoxy) is 2. The summed E-state index contributed by atoms with van der Waals surface area (Å²) in [5.74, 6) is 0.260. The Balaban J connectivity index is 2.34. The van der Waals surface area contributed by atoms with Gasteiger partial charge in [0.25, 0.3) is 0 Å². The van der Waals surface area contributed by atoms with Crippen LogP contribution in [0.4, 0.5) is 0 Å². The molecule has 1 heterocycles. The molecule has 1 saturated heterocycles. The van der Waals surface area contributed by atoms with E-state index in [0.717, 1.165) is 39.3 Å². The predicted molar refractivity (Wildman–Crippen MR) is 87.8 cm³/mol. The van der Waals surface area contributed by atoms with Crippen LogP contribution in [0.25, 0.3) is 0 Å². The van der Waals surface area contributed by atoms with Crippen LogP contribution < -0.4 is 0 Å². The van der Waals surface area contributed by atoms with Gasteiger partial charge in [-0.2, -0.15) is 0 Å². The van der Waals surface area contributed by atoms with E-state index < -0.39 is 0 Å². The number of carbonyl (C=O) groups excluding carboxylic acids is 1. The van der Waals surface area contributed by atoms with Gasteiger partial charge in [0.15, 0.2) is 6.29 Å². The molecule has 0 aromatic carbocycles. The first-order valence-electron chi connectivity index (χ1n) is 8.52. The van der Waals surface area contributed by atoms with Crippen molar-refractivity contribution in [2.75, 3.05) is 66.1 Å². The monoisotopic (exact) mass is 315 g/mol. The van der Waals surface area contributed by atoms with Gasteiger partial charge in [-0.1, -0.05) is 6.92 Å². The Morgan fingerprint density at radius 1 is 1.09 bits per heavy atom. The zero-order chi connectivity index (χ0) is 16.4. The first kappa shape index (κ1) is 19.4. The van der Waals surface area contributed by atoms with Gasteiger partial charge in [-0.05, 0) is 27.4 Å². The minimum atomic E-state index is -0.200. The maximum atomic E-state index is 12.3. The van der Waals surface area contributed by atoms with Gasteiger partial charge in [-0.25, -0.2) is 0 Å². The molecule has 1 rings (SSSR count). The number of hydrogen-bond acceptors (Lipinski definition) is 5. The van der Waals surface area contributed by atoms with Crippen LogP contribution in [0.2, 0.25) is 0 Å². The highest BCUT2D eigenvalue weighted by molar-refractivity contribution is 5.76. The zero-order valence-corrected chi connectivity index (χ0v) is 14.7. The van der Waals surface area contributed by atoms with Crippen molar-refractivity contribution in [3.63, 3.8) is 0 Å². The second-order valence-corrected chi connectivity index (χ2v) is 5.67. The lowest BCUT2D eigenvalue weighted by Crippen LogP contribution is -2.48. The minimum absolute atomic E-state index is 0.200. The number of carbonyl (C=O) groups is 1. The van der Waals surface area contributed by atoms with E-state index in [1.165, 1.54) is 0 Å². The van der Waals surface area contributed by atoms with Crippen LogP contribution in [-0.2, 0) is 14.3 Å². The number of likely N-dealkylation sites (N-methyl/N-ethyl adjacent to an activating group) is 2. The first-order valence-corrected chi connectivity index (χ1v) is 8.52. The fourth-order valence-corrected chi connectivity index (χ4v) is 2.58. The van der Waals surface area contributed by atoms with Crippen molar-refractivity contribution >= 4 is 5.91 Å². The van der Waals surface area contributed by atoms with Crippen LogP contribution >= 0.6 is 0 Å². The lowest BCUT2D eigenvalue weighted by atomic mass is 10.2. The summed E-state index contributed by atoms with van der Waals surface area (Å²) in [4.78, 5) is 18.8. The number of hydrogen-bond donors (Lipinski definition) is 0. The van der Waals surface area contributed by atoms with Crippen LogP contribution in [0, 0.1) is 0 Å². The van der Waals surface area contributed by atoms with Crippen LogP contribution in [0.1, 0.15) is 27.2 Å². The molecule has 0 aromatic rings. The molecule has 0 unspecified atom stereocenters. The summed E-state index contributed by atoms with van der Waals surface area (Å²) in [7, 11) is 2.10. The molecule has 0 radical (unpaired) electrons. The summed E-state index contributed by atoms with van der Waals surface area (Å²) in [5.41, 5.74) is 0. The van der Waals surface area contributed by atoms with Crippen molar-refractivity contribution in [2.45, 2.75) is 33.5 Å². The highest BCUT2D eigenvalue weighted by Crippen LogP contribution is 2.05. The molecular weight excluding hydrogens is 282 g/mol. The van der Waals surface area contributed by atoms with E-state index in [1.54, 1.807) is 0 Å². The smallest absolute Gasteiger partial charge is 0.223 e. The average molecular weight is 315 g/mol. The molecule has 0 N–H and O–H groups in total. The van der Waals surface area contributed by atoms with Crippen molar-refractivity contribution in [1.82, 2.24) is 14.7 Å². The standard InChI is InChI=1S/C16H33N3O3/c1-5-18(14-16(21-6-2)22-7-3)9-8-15(20)19-12-10-17(4)11-13-19/h16H,5-14H2,1-4H3. The lowest BCUT2D eigenvalue weighted by Gasteiger charge is -2.33. The van der Waals surface area contributed by atoms with Gasteiger partial charge in [-0.3, -0.25) is 9.69 Å². The average Bonchev–Trinajstić information content (AvgIpc) is 2.52. The van der Waals surface area contributed by atoms with Crippen LogP contribution in [0.3, 0.4) is 0 Å². The molecule has 130 valence electrons. The molecule has 0 bridgehead atoms. The Kier molecular flexibility index (Phi) is 9.63. The summed E-state index contributed by atoms with van der Waals surface area (Å²) in [6, 6.07) is 0. The Hall–Kier alpha value is -0.690. The zero-order valence-electron chi connectivity index (χ0n) is 14.7. The van der Waals surface area contributed by atoms with E-state index in [-0.39, 0.29) is 12.2 Å². The van der Waals surface area contributed by atoms with Gasteiger partial charge in [0, 0.05) is 58.9 Å². The minimum Gasteiger partial charge on any atom is -0.352 e. The number of amides is 1. The fourth-order valence-electron chi connectivity index (χ4n) is 2.58. The molecule has 6 heteroatoms. The lowest BCUT2D eigenvalue weighted by molar-refractivity contribution is -0.148. The second-order valence-electron chi connectivity index (χ2n) is 5.67. The Morgan fingerprint density at radius 2 is 1.68 bits per heavy atom. The van der Waals surface area contributed by atoms with Crippen molar-refractivity contribution in [3.05, 3.63) is 0 Å². The fraction of sp³-hybridized carbons (Fsp3) is 0.938. The van der Waals surface area contributed by atoms with Gasteiger partial charge in [-0.15, -0.1) is 0 Å². The summed E-state index contributed by atoms with van der Waals surface area (Å²) < 4.78 is 11.2. The Labute approximate surface area is 135 Å². The quantitative estimate of drug-likeness (QED) is 0.560. The third kappa shape index (κ3) is 7.05. The summed E-state index contributed by atoms with van der Waals surface area (Å²) >= 11 is 0.